The van der Waals surface area contributed by atoms with E-state index in [2.05, 4.69) is 41.3 Å². The highest BCUT2D eigenvalue weighted by molar-refractivity contribution is 6.20. The molecule has 0 bridgehead atoms. The third-order valence-electron chi connectivity index (χ3n) is 3.91. The first kappa shape index (κ1) is 16.2. The van der Waals surface area contributed by atoms with Crippen molar-refractivity contribution >= 4 is 22.8 Å². The number of fused-ring (bicyclic) bond motifs is 1. The number of aryl methyl sites for hydroxylation is 1. The molecule has 4 nitrogen and oxygen atoms in total. The molecule has 2 aromatic heterocycles. The molecule has 0 saturated carbocycles. The van der Waals surface area contributed by atoms with E-state index in [0.29, 0.717) is 6.04 Å². The minimum atomic E-state index is -0.126. The van der Waals surface area contributed by atoms with Crippen molar-refractivity contribution < 1.29 is 0 Å². The van der Waals surface area contributed by atoms with Gasteiger partial charge in [-0.3, -0.25) is 0 Å². The van der Waals surface area contributed by atoms with Crippen LogP contribution in [0.15, 0.2) is 12.3 Å². The van der Waals surface area contributed by atoms with Gasteiger partial charge in [-0.15, -0.1) is 11.6 Å². The summed E-state index contributed by atoms with van der Waals surface area (Å²) in [7, 11) is 0. The molecular weight excluding hydrogens is 284 g/mol. The summed E-state index contributed by atoms with van der Waals surface area (Å²) in [6.45, 7) is 13.7. The van der Waals surface area contributed by atoms with Crippen LogP contribution in [0.5, 0.6) is 0 Å². The van der Waals surface area contributed by atoms with Gasteiger partial charge in [0.15, 0.2) is 5.65 Å². The molecule has 0 spiro atoms. The normalized spacial score (nSPS) is 14.8. The van der Waals surface area contributed by atoms with Crippen LogP contribution in [0.4, 0.5) is 0 Å². The quantitative estimate of drug-likeness (QED) is 0.758. The maximum Gasteiger partial charge on any atom is 0.160 e. The molecule has 2 rings (SSSR count). The number of likely N-dealkylation sites (N-methyl/N-ethyl adjacent to an activating group) is 1. The lowest BCUT2D eigenvalue weighted by atomic mass is 10.2. The highest BCUT2D eigenvalue weighted by Gasteiger charge is 2.21. The zero-order valence-corrected chi connectivity index (χ0v) is 14.4. The summed E-state index contributed by atoms with van der Waals surface area (Å²) >= 11 is 6.34. The third kappa shape index (κ3) is 3.38. The van der Waals surface area contributed by atoms with Crippen molar-refractivity contribution in [2.45, 2.75) is 46.0 Å². The van der Waals surface area contributed by atoms with Crippen LogP contribution in [0.3, 0.4) is 0 Å². The summed E-state index contributed by atoms with van der Waals surface area (Å²) < 4.78 is 2.20. The third-order valence-corrected chi connectivity index (χ3v) is 4.10. The molecule has 0 radical (unpaired) electrons. The molecule has 0 fully saturated rings. The Bertz CT molecular complexity index is 602. The molecule has 0 aliphatic carbocycles. The summed E-state index contributed by atoms with van der Waals surface area (Å²) in [5, 5.41) is -0.126. The Hall–Kier alpha value is -1.13. The van der Waals surface area contributed by atoms with E-state index in [-0.39, 0.29) is 5.38 Å². The van der Waals surface area contributed by atoms with Gasteiger partial charge in [-0.2, -0.15) is 0 Å². The fraction of sp³-hybridized carbons (Fsp3) is 0.625. The van der Waals surface area contributed by atoms with Crippen LogP contribution in [0, 0.1) is 6.92 Å². The fourth-order valence-electron chi connectivity index (χ4n) is 2.75. The highest BCUT2D eigenvalue weighted by atomic mass is 35.5. The zero-order valence-electron chi connectivity index (χ0n) is 13.6. The number of pyridine rings is 1. The molecule has 0 aliphatic rings. The number of hydrogen-bond donors (Lipinski definition) is 0. The van der Waals surface area contributed by atoms with E-state index in [1.54, 1.807) is 0 Å². The minimum Gasteiger partial charge on any atom is -0.307 e. The number of hydrogen-bond acceptors (Lipinski definition) is 3. The standard InChI is InChI=1S/C16H25ClN4/c1-6-20(7-2)10-12(4)21-15(13(5)17)19-14-8-11(3)9-18-16(14)21/h8-9,12-13H,6-7,10H2,1-5H3. The summed E-state index contributed by atoms with van der Waals surface area (Å²) in [5.41, 5.74) is 2.99. The number of rotatable bonds is 6. The number of nitrogens with zero attached hydrogens (tertiary/aromatic N) is 4. The molecule has 116 valence electrons. The molecule has 2 aromatic rings. The summed E-state index contributed by atoms with van der Waals surface area (Å²) in [4.78, 5) is 11.7. The molecule has 0 amide bonds. The fourth-order valence-corrected chi connectivity index (χ4v) is 2.91. The Morgan fingerprint density at radius 2 is 1.95 bits per heavy atom. The lowest BCUT2D eigenvalue weighted by Gasteiger charge is -2.25. The second kappa shape index (κ2) is 6.75. The number of aromatic nitrogens is 3. The maximum absolute atomic E-state index is 6.34. The van der Waals surface area contributed by atoms with Gasteiger partial charge in [-0.25, -0.2) is 9.97 Å². The predicted octanol–water partition coefficient (Wildman–Crippen LogP) is 3.94. The molecule has 2 heterocycles. The topological polar surface area (TPSA) is 34.0 Å². The first-order valence-electron chi connectivity index (χ1n) is 7.68. The summed E-state index contributed by atoms with van der Waals surface area (Å²) in [6, 6.07) is 2.37. The predicted molar refractivity (Wildman–Crippen MR) is 89.0 cm³/mol. The Morgan fingerprint density at radius 3 is 2.52 bits per heavy atom. The van der Waals surface area contributed by atoms with Gasteiger partial charge in [0, 0.05) is 18.8 Å². The molecule has 2 atom stereocenters. The molecule has 21 heavy (non-hydrogen) atoms. The van der Waals surface area contributed by atoms with Crippen LogP contribution in [0.1, 0.15) is 50.5 Å². The van der Waals surface area contributed by atoms with E-state index in [1.165, 1.54) is 0 Å². The highest BCUT2D eigenvalue weighted by Crippen LogP contribution is 2.27. The van der Waals surface area contributed by atoms with Crippen molar-refractivity contribution in [3.05, 3.63) is 23.7 Å². The van der Waals surface area contributed by atoms with Gasteiger partial charge in [-0.1, -0.05) is 13.8 Å². The van der Waals surface area contributed by atoms with E-state index < -0.39 is 0 Å². The van der Waals surface area contributed by atoms with Gasteiger partial charge in [0.2, 0.25) is 0 Å². The Kier molecular flexibility index (Phi) is 5.22. The van der Waals surface area contributed by atoms with Crippen LogP contribution in [0.2, 0.25) is 0 Å². The molecule has 0 aliphatic heterocycles. The lowest BCUT2D eigenvalue weighted by molar-refractivity contribution is 0.261. The van der Waals surface area contributed by atoms with E-state index in [4.69, 9.17) is 16.6 Å². The molecular formula is C16H25ClN4. The SMILES string of the molecule is CCN(CC)CC(C)n1c(C(C)Cl)nc2cc(C)cnc21. The van der Waals surface area contributed by atoms with Gasteiger partial charge >= 0.3 is 0 Å². The lowest BCUT2D eigenvalue weighted by Crippen LogP contribution is -2.30. The van der Waals surface area contributed by atoms with Crippen molar-refractivity contribution in [3.8, 4) is 0 Å². The first-order valence-corrected chi connectivity index (χ1v) is 8.12. The Balaban J connectivity index is 2.47. The average molecular weight is 309 g/mol. The maximum atomic E-state index is 6.34. The molecule has 2 unspecified atom stereocenters. The van der Waals surface area contributed by atoms with Crippen LogP contribution >= 0.6 is 11.6 Å². The van der Waals surface area contributed by atoms with E-state index in [1.807, 2.05) is 20.0 Å². The van der Waals surface area contributed by atoms with E-state index >= 15 is 0 Å². The van der Waals surface area contributed by atoms with Crippen molar-refractivity contribution in [2.24, 2.45) is 0 Å². The largest absolute Gasteiger partial charge is 0.307 e. The molecule has 0 saturated heterocycles. The van der Waals surface area contributed by atoms with Gasteiger partial charge in [0.1, 0.15) is 11.3 Å². The second-order valence-electron chi connectivity index (χ2n) is 5.65. The molecule has 5 heteroatoms. The zero-order chi connectivity index (χ0) is 15.6. The summed E-state index contributed by atoms with van der Waals surface area (Å²) in [6.07, 6.45) is 1.90. The Labute approximate surface area is 132 Å². The number of halogens is 1. The van der Waals surface area contributed by atoms with Crippen LogP contribution in [-0.4, -0.2) is 39.1 Å². The van der Waals surface area contributed by atoms with Gasteiger partial charge in [0.25, 0.3) is 0 Å². The number of alkyl halides is 1. The van der Waals surface area contributed by atoms with Crippen LogP contribution < -0.4 is 0 Å². The smallest absolute Gasteiger partial charge is 0.160 e. The molecule has 0 aromatic carbocycles. The average Bonchev–Trinajstić information content (AvgIpc) is 2.83. The second-order valence-corrected chi connectivity index (χ2v) is 6.30. The van der Waals surface area contributed by atoms with E-state index in [0.717, 1.165) is 42.2 Å². The monoisotopic (exact) mass is 308 g/mol. The first-order chi connectivity index (χ1) is 9.97. The van der Waals surface area contributed by atoms with Crippen molar-refractivity contribution in [3.63, 3.8) is 0 Å². The van der Waals surface area contributed by atoms with Gasteiger partial charge in [0.05, 0.1) is 5.38 Å². The summed E-state index contributed by atoms with van der Waals surface area (Å²) in [5.74, 6) is 0.907. The van der Waals surface area contributed by atoms with Crippen molar-refractivity contribution in [2.75, 3.05) is 19.6 Å². The van der Waals surface area contributed by atoms with Gasteiger partial charge < -0.3 is 9.47 Å². The minimum absolute atomic E-state index is 0.126. The van der Waals surface area contributed by atoms with Crippen LogP contribution in [-0.2, 0) is 0 Å². The van der Waals surface area contributed by atoms with Crippen molar-refractivity contribution in [1.29, 1.82) is 0 Å². The van der Waals surface area contributed by atoms with E-state index in [9.17, 15) is 0 Å². The Morgan fingerprint density at radius 1 is 1.29 bits per heavy atom. The molecule has 0 N–H and O–H groups in total. The number of imidazole rings is 1. The van der Waals surface area contributed by atoms with Crippen molar-refractivity contribution in [1.82, 2.24) is 19.4 Å². The van der Waals surface area contributed by atoms with Gasteiger partial charge in [-0.05, 0) is 45.5 Å². The van der Waals surface area contributed by atoms with Crippen LogP contribution in [0.25, 0.3) is 11.2 Å².